The maximum atomic E-state index is 14.1. The highest BCUT2D eigenvalue weighted by Gasteiger charge is 2.40. The van der Waals surface area contributed by atoms with Gasteiger partial charge >= 0.3 is 12.1 Å². The number of thiazole rings is 1. The Morgan fingerprint density at radius 3 is 2.42 bits per heavy atom. The number of benzene rings is 3. The Morgan fingerprint density at radius 2 is 1.75 bits per heavy atom. The van der Waals surface area contributed by atoms with Gasteiger partial charge in [-0.3, -0.25) is 4.79 Å². The molecule has 6 nitrogen and oxygen atoms in total. The normalized spacial score (nSPS) is 11.7. The monoisotopic (exact) mass is 511 g/mol. The van der Waals surface area contributed by atoms with Crippen molar-refractivity contribution in [1.29, 1.82) is 0 Å². The van der Waals surface area contributed by atoms with Gasteiger partial charge in [-0.05, 0) is 55.5 Å². The molecule has 0 fully saturated rings. The molecule has 5 aromatic rings. The summed E-state index contributed by atoms with van der Waals surface area (Å²) in [5, 5.41) is -0.175. The lowest BCUT2D eigenvalue weighted by molar-refractivity contribution is -0.152. The van der Waals surface area contributed by atoms with Gasteiger partial charge in [-0.25, -0.2) is 9.78 Å². The minimum absolute atomic E-state index is 0.0349. The van der Waals surface area contributed by atoms with Crippen molar-refractivity contribution in [2.24, 2.45) is 0 Å². The van der Waals surface area contributed by atoms with Crippen LogP contribution in [0, 0.1) is 6.92 Å². The maximum Gasteiger partial charge on any atom is 0.450 e. The van der Waals surface area contributed by atoms with Gasteiger partial charge in [-0.1, -0.05) is 12.1 Å². The Morgan fingerprint density at radius 1 is 1.03 bits per heavy atom. The molecule has 0 aliphatic carbocycles. The molecule has 2 aromatic heterocycles. The average Bonchev–Trinajstić information content (AvgIpc) is 3.29. The Labute approximate surface area is 205 Å². The number of fused-ring (bicyclic) bond motifs is 2. The highest BCUT2D eigenvalue weighted by atomic mass is 32.1. The van der Waals surface area contributed by atoms with Crippen molar-refractivity contribution in [3.63, 3.8) is 0 Å². The fraction of sp³-hybridized carbons (Fsp3) is 0.115. The summed E-state index contributed by atoms with van der Waals surface area (Å²) < 4.78 is 58.6. The Kier molecular flexibility index (Phi) is 5.76. The molecule has 0 aliphatic heterocycles. The van der Waals surface area contributed by atoms with Crippen LogP contribution in [0.4, 0.5) is 13.2 Å². The Hall–Kier alpha value is -4.18. The van der Waals surface area contributed by atoms with E-state index in [9.17, 15) is 22.8 Å². The van der Waals surface area contributed by atoms with Gasteiger partial charge in [0.25, 0.3) is 0 Å². The average molecular weight is 511 g/mol. The third-order valence-electron chi connectivity index (χ3n) is 5.55. The molecule has 0 bridgehead atoms. The van der Waals surface area contributed by atoms with E-state index in [0.29, 0.717) is 16.0 Å². The van der Waals surface area contributed by atoms with Gasteiger partial charge < -0.3 is 13.9 Å². The van der Waals surface area contributed by atoms with Crippen LogP contribution in [0.1, 0.15) is 21.7 Å². The number of aromatic nitrogens is 1. The van der Waals surface area contributed by atoms with E-state index < -0.39 is 28.9 Å². The molecule has 182 valence electrons. The first-order chi connectivity index (χ1) is 17.2. The van der Waals surface area contributed by atoms with Gasteiger partial charge in [-0.2, -0.15) is 13.2 Å². The van der Waals surface area contributed by atoms with Crippen LogP contribution in [-0.4, -0.2) is 18.1 Å². The van der Waals surface area contributed by atoms with E-state index in [0.717, 1.165) is 11.3 Å². The number of ether oxygens (including phenoxy) is 2. The molecule has 10 heteroatoms. The number of esters is 1. The van der Waals surface area contributed by atoms with E-state index in [4.69, 9.17) is 13.9 Å². The lowest BCUT2D eigenvalue weighted by atomic mass is 10.1. The minimum Gasteiger partial charge on any atom is -0.497 e. The summed E-state index contributed by atoms with van der Waals surface area (Å²) in [5.41, 5.74) is -1.09. The van der Waals surface area contributed by atoms with Crippen LogP contribution in [0.15, 0.2) is 69.9 Å². The van der Waals surface area contributed by atoms with Crippen molar-refractivity contribution in [2.45, 2.75) is 13.1 Å². The first-order valence-corrected chi connectivity index (χ1v) is 11.4. The van der Waals surface area contributed by atoms with Crippen molar-refractivity contribution >= 4 is 38.5 Å². The fourth-order valence-electron chi connectivity index (χ4n) is 3.74. The number of hydrogen-bond acceptors (Lipinski definition) is 7. The smallest absolute Gasteiger partial charge is 0.450 e. The number of methoxy groups -OCH3 is 1. The van der Waals surface area contributed by atoms with Crippen LogP contribution in [0.5, 0.6) is 11.5 Å². The van der Waals surface area contributed by atoms with Gasteiger partial charge in [0.05, 0.1) is 28.3 Å². The van der Waals surface area contributed by atoms with Gasteiger partial charge in [0, 0.05) is 5.56 Å². The topological polar surface area (TPSA) is 78.6 Å². The van der Waals surface area contributed by atoms with Gasteiger partial charge in [0.2, 0.25) is 11.2 Å². The zero-order chi connectivity index (χ0) is 25.6. The quantitative estimate of drug-likeness (QED) is 0.199. The van der Waals surface area contributed by atoms with Crippen LogP contribution in [0.3, 0.4) is 0 Å². The molecule has 0 spiro atoms. The molecule has 0 atom stereocenters. The standard InChI is InChI=1S/C26H16F3NO5S/c1-13-18(34-25(32)14-7-9-15(33-2)10-8-14)12-11-16-21(31)20(23(26(27,28)29)35-22(13)16)24-30-17-5-3-4-6-19(17)36-24/h3-12H,1-2H3. The molecule has 0 radical (unpaired) electrons. The molecular weight excluding hydrogens is 495 g/mol. The number of nitrogens with zero attached hydrogens (tertiary/aromatic N) is 1. The second kappa shape index (κ2) is 8.80. The van der Waals surface area contributed by atoms with Gasteiger partial charge in [-0.15, -0.1) is 11.3 Å². The van der Waals surface area contributed by atoms with Crippen molar-refractivity contribution in [3.05, 3.63) is 87.8 Å². The number of hydrogen-bond donors (Lipinski definition) is 0. The summed E-state index contributed by atoms with van der Waals surface area (Å²) in [6, 6.07) is 15.6. The Bertz CT molecular complexity index is 1650. The van der Waals surface area contributed by atoms with Gasteiger partial charge in [0.15, 0.2) is 0 Å². The van der Waals surface area contributed by atoms with Crippen molar-refractivity contribution in [3.8, 4) is 22.1 Å². The summed E-state index contributed by atoms with van der Waals surface area (Å²) in [6.45, 7) is 1.42. The van der Waals surface area contributed by atoms with E-state index in [1.54, 1.807) is 36.4 Å². The van der Waals surface area contributed by atoms with Crippen LogP contribution in [-0.2, 0) is 6.18 Å². The lowest BCUT2D eigenvalue weighted by Crippen LogP contribution is -2.16. The molecule has 0 N–H and O–H groups in total. The number of rotatable bonds is 4. The van der Waals surface area contributed by atoms with Crippen molar-refractivity contribution in [2.75, 3.05) is 7.11 Å². The van der Waals surface area contributed by atoms with Crippen LogP contribution in [0.2, 0.25) is 0 Å². The highest BCUT2D eigenvalue weighted by molar-refractivity contribution is 7.21. The number of alkyl halides is 3. The van der Waals surface area contributed by atoms with Crippen LogP contribution >= 0.6 is 11.3 Å². The molecule has 36 heavy (non-hydrogen) atoms. The third kappa shape index (κ3) is 4.09. The molecule has 0 saturated heterocycles. The van der Waals surface area contributed by atoms with Crippen molar-refractivity contribution < 1.29 is 31.9 Å². The fourth-order valence-corrected chi connectivity index (χ4v) is 4.75. The summed E-state index contributed by atoms with van der Waals surface area (Å²) in [5.74, 6) is -1.68. The summed E-state index contributed by atoms with van der Waals surface area (Å²) in [6.07, 6.45) is -4.97. The maximum absolute atomic E-state index is 14.1. The number of halogens is 3. The van der Waals surface area contributed by atoms with E-state index >= 15 is 0 Å². The lowest BCUT2D eigenvalue weighted by Gasteiger charge is -2.14. The molecule has 0 amide bonds. The molecular formula is C26H16F3NO5S. The first-order valence-electron chi connectivity index (χ1n) is 10.6. The predicted octanol–water partition coefficient (Wildman–Crippen LogP) is 6.62. The number of aryl methyl sites for hydroxylation is 1. The van der Waals surface area contributed by atoms with E-state index in [1.807, 2.05) is 0 Å². The van der Waals surface area contributed by atoms with E-state index in [1.165, 1.54) is 38.3 Å². The van der Waals surface area contributed by atoms with E-state index in [2.05, 4.69) is 4.98 Å². The zero-order valence-electron chi connectivity index (χ0n) is 18.8. The molecule has 2 heterocycles. The molecule has 5 rings (SSSR count). The molecule has 0 saturated carbocycles. The molecule has 3 aromatic carbocycles. The van der Waals surface area contributed by atoms with Crippen LogP contribution in [0.25, 0.3) is 31.8 Å². The minimum atomic E-state index is -4.97. The summed E-state index contributed by atoms with van der Waals surface area (Å²) in [4.78, 5) is 30.1. The third-order valence-corrected chi connectivity index (χ3v) is 6.61. The largest absolute Gasteiger partial charge is 0.497 e. The summed E-state index contributed by atoms with van der Waals surface area (Å²) >= 11 is 0.970. The SMILES string of the molecule is COc1ccc(C(=O)Oc2ccc3c(=O)c(-c4nc5ccccc5s4)c(C(F)(F)F)oc3c2C)cc1. The molecule has 0 unspecified atom stereocenters. The Balaban J connectivity index is 1.63. The predicted molar refractivity (Wildman–Crippen MR) is 129 cm³/mol. The highest BCUT2D eigenvalue weighted by Crippen LogP contribution is 2.41. The van der Waals surface area contributed by atoms with E-state index in [-0.39, 0.29) is 32.9 Å². The number of carbonyl (C=O) groups excluding carboxylic acids is 1. The second-order valence-electron chi connectivity index (χ2n) is 7.80. The van der Waals surface area contributed by atoms with Gasteiger partial charge in [0.1, 0.15) is 27.7 Å². The van der Waals surface area contributed by atoms with Crippen molar-refractivity contribution in [1.82, 2.24) is 4.98 Å². The summed E-state index contributed by atoms with van der Waals surface area (Å²) in [7, 11) is 1.48. The first kappa shape index (κ1) is 23.6. The van der Waals surface area contributed by atoms with Crippen LogP contribution < -0.4 is 14.9 Å². The molecule has 0 aliphatic rings. The number of para-hydroxylation sites is 1. The number of carbonyl (C=O) groups is 1. The second-order valence-corrected chi connectivity index (χ2v) is 8.83. The zero-order valence-corrected chi connectivity index (χ0v) is 19.6.